The smallest absolute Gasteiger partial charge is 0.328 e. The first-order valence-electron chi connectivity index (χ1n) is 6.16. The van der Waals surface area contributed by atoms with E-state index in [-0.39, 0.29) is 5.92 Å². The summed E-state index contributed by atoms with van der Waals surface area (Å²) in [6.07, 6.45) is 3.16. The predicted octanol–water partition coefficient (Wildman–Crippen LogP) is 2.00. The number of hydrogen-bond donors (Lipinski definition) is 1. The number of carboxylic acids is 1. The lowest BCUT2D eigenvalue weighted by Crippen LogP contribution is -2.23. The number of carboxylic acid groups (broad SMARTS) is 1. The summed E-state index contributed by atoms with van der Waals surface area (Å²) in [4.78, 5) is 11.2. The Hall–Kier alpha value is -1.46. The van der Waals surface area contributed by atoms with Crippen LogP contribution in [0, 0.1) is 0 Å². The van der Waals surface area contributed by atoms with Gasteiger partial charge in [-0.15, -0.1) is 5.10 Å². The van der Waals surface area contributed by atoms with Gasteiger partial charge >= 0.3 is 5.97 Å². The molecule has 0 aromatic carbocycles. The Morgan fingerprint density at radius 3 is 2.47 bits per heavy atom. The molecule has 1 rings (SSSR count). The zero-order chi connectivity index (χ0) is 12.8. The molecule has 1 heterocycles. The number of aliphatic carboxylic acids is 1. The second kappa shape index (κ2) is 6.32. The fraction of sp³-hybridized carbons (Fsp3) is 0.818. The maximum absolute atomic E-state index is 11.2. The van der Waals surface area contributed by atoms with E-state index < -0.39 is 12.0 Å². The standard InChI is InChI=1S/C11H20N4O2/c1-4-7-9(11(16)17)15-10(12-13-14-15)8(5-2)6-3/h8-9H,4-7H2,1-3H3,(H,16,17). The lowest BCUT2D eigenvalue weighted by atomic mass is 10.0. The molecule has 0 aliphatic heterocycles. The highest BCUT2D eigenvalue weighted by atomic mass is 16.4. The van der Waals surface area contributed by atoms with Gasteiger partial charge in [-0.05, 0) is 29.7 Å². The van der Waals surface area contributed by atoms with Gasteiger partial charge < -0.3 is 5.11 Å². The van der Waals surface area contributed by atoms with Crippen LogP contribution in [-0.4, -0.2) is 31.3 Å². The van der Waals surface area contributed by atoms with Crippen LogP contribution >= 0.6 is 0 Å². The molecule has 0 aliphatic carbocycles. The fourth-order valence-corrected chi connectivity index (χ4v) is 1.97. The highest BCUT2D eigenvalue weighted by molar-refractivity contribution is 5.71. The third kappa shape index (κ3) is 3.01. The van der Waals surface area contributed by atoms with Gasteiger partial charge in [0.2, 0.25) is 0 Å². The van der Waals surface area contributed by atoms with Crippen molar-refractivity contribution in [3.63, 3.8) is 0 Å². The Bertz CT molecular complexity index is 360. The first kappa shape index (κ1) is 13.6. The molecule has 96 valence electrons. The molecule has 1 aromatic heterocycles. The summed E-state index contributed by atoms with van der Waals surface area (Å²) < 4.78 is 1.48. The zero-order valence-corrected chi connectivity index (χ0v) is 10.6. The van der Waals surface area contributed by atoms with Crippen molar-refractivity contribution in [1.29, 1.82) is 0 Å². The van der Waals surface area contributed by atoms with Crippen LogP contribution < -0.4 is 0 Å². The van der Waals surface area contributed by atoms with Gasteiger partial charge in [0.1, 0.15) is 0 Å². The Kier molecular flexibility index (Phi) is 5.06. The third-order valence-electron chi connectivity index (χ3n) is 3.01. The van der Waals surface area contributed by atoms with Gasteiger partial charge in [0.25, 0.3) is 0 Å². The van der Waals surface area contributed by atoms with Gasteiger partial charge in [0.15, 0.2) is 11.9 Å². The van der Waals surface area contributed by atoms with E-state index in [1.54, 1.807) is 0 Å². The molecule has 17 heavy (non-hydrogen) atoms. The maximum atomic E-state index is 11.2. The minimum Gasteiger partial charge on any atom is -0.480 e. The van der Waals surface area contributed by atoms with Gasteiger partial charge in [-0.25, -0.2) is 9.48 Å². The normalized spacial score (nSPS) is 12.9. The van der Waals surface area contributed by atoms with Gasteiger partial charge in [-0.3, -0.25) is 0 Å². The minimum absolute atomic E-state index is 0.226. The molecule has 1 atom stereocenters. The molecule has 6 nitrogen and oxygen atoms in total. The number of hydrogen-bond acceptors (Lipinski definition) is 4. The van der Waals surface area contributed by atoms with Crippen molar-refractivity contribution in [2.75, 3.05) is 0 Å². The van der Waals surface area contributed by atoms with E-state index in [1.807, 2.05) is 6.92 Å². The predicted molar refractivity (Wildman–Crippen MR) is 62.7 cm³/mol. The molecule has 1 N–H and O–H groups in total. The highest BCUT2D eigenvalue weighted by Gasteiger charge is 2.26. The van der Waals surface area contributed by atoms with Crippen molar-refractivity contribution in [3.05, 3.63) is 5.82 Å². The second-order valence-electron chi connectivity index (χ2n) is 4.14. The van der Waals surface area contributed by atoms with Crippen LogP contribution in [0.25, 0.3) is 0 Å². The largest absolute Gasteiger partial charge is 0.480 e. The topological polar surface area (TPSA) is 80.9 Å². The SMILES string of the molecule is CCCC(C(=O)O)n1nnnc1C(CC)CC. The maximum Gasteiger partial charge on any atom is 0.328 e. The van der Waals surface area contributed by atoms with Crippen molar-refractivity contribution in [3.8, 4) is 0 Å². The summed E-state index contributed by atoms with van der Waals surface area (Å²) in [5.41, 5.74) is 0. The Balaban J connectivity index is 3.03. The average Bonchev–Trinajstić information content (AvgIpc) is 2.76. The number of nitrogens with zero attached hydrogens (tertiary/aromatic N) is 4. The van der Waals surface area contributed by atoms with Crippen molar-refractivity contribution in [1.82, 2.24) is 20.2 Å². The van der Waals surface area contributed by atoms with Crippen molar-refractivity contribution < 1.29 is 9.90 Å². The van der Waals surface area contributed by atoms with Crippen LogP contribution in [0.15, 0.2) is 0 Å². The van der Waals surface area contributed by atoms with Crippen LogP contribution in [0.3, 0.4) is 0 Å². The summed E-state index contributed by atoms with van der Waals surface area (Å²) >= 11 is 0. The molecule has 0 spiro atoms. The monoisotopic (exact) mass is 240 g/mol. The van der Waals surface area contributed by atoms with Crippen LogP contribution in [0.2, 0.25) is 0 Å². The van der Waals surface area contributed by atoms with E-state index in [4.69, 9.17) is 0 Å². The zero-order valence-electron chi connectivity index (χ0n) is 10.6. The minimum atomic E-state index is -0.869. The molecule has 0 bridgehead atoms. The van der Waals surface area contributed by atoms with Crippen molar-refractivity contribution >= 4 is 5.97 Å². The second-order valence-corrected chi connectivity index (χ2v) is 4.14. The molecular weight excluding hydrogens is 220 g/mol. The molecule has 0 fully saturated rings. The molecule has 6 heteroatoms. The highest BCUT2D eigenvalue weighted by Crippen LogP contribution is 2.24. The first-order chi connectivity index (χ1) is 8.15. The molecular formula is C11H20N4O2. The average molecular weight is 240 g/mol. The Morgan fingerprint density at radius 1 is 1.35 bits per heavy atom. The van der Waals surface area contributed by atoms with E-state index in [0.29, 0.717) is 12.2 Å². The van der Waals surface area contributed by atoms with Crippen molar-refractivity contribution in [2.45, 2.75) is 58.4 Å². The summed E-state index contributed by atoms with van der Waals surface area (Å²) in [6, 6.07) is -0.648. The number of tetrazole rings is 1. The van der Waals surface area contributed by atoms with Crippen LogP contribution in [-0.2, 0) is 4.79 Å². The van der Waals surface area contributed by atoms with Gasteiger partial charge in [-0.1, -0.05) is 27.2 Å². The molecule has 0 radical (unpaired) electrons. The van der Waals surface area contributed by atoms with Crippen LogP contribution in [0.4, 0.5) is 0 Å². The summed E-state index contributed by atoms with van der Waals surface area (Å²) in [6.45, 7) is 6.07. The summed E-state index contributed by atoms with van der Waals surface area (Å²) in [5, 5.41) is 20.7. The fourth-order valence-electron chi connectivity index (χ4n) is 1.97. The number of aromatic nitrogens is 4. The number of carbonyl (C=O) groups is 1. The van der Waals surface area contributed by atoms with Crippen molar-refractivity contribution in [2.24, 2.45) is 0 Å². The molecule has 0 saturated carbocycles. The summed E-state index contributed by atoms with van der Waals surface area (Å²) in [7, 11) is 0. The van der Waals surface area contributed by atoms with E-state index >= 15 is 0 Å². The van der Waals surface area contributed by atoms with Crippen LogP contribution in [0.1, 0.15) is 64.2 Å². The van der Waals surface area contributed by atoms with Gasteiger partial charge in [0.05, 0.1) is 0 Å². The Labute approximate surface area is 101 Å². The number of rotatable bonds is 7. The molecule has 0 amide bonds. The molecule has 0 aliphatic rings. The van der Waals surface area contributed by atoms with E-state index in [2.05, 4.69) is 29.4 Å². The Morgan fingerprint density at radius 2 is 2.00 bits per heavy atom. The quantitative estimate of drug-likeness (QED) is 0.788. The van der Waals surface area contributed by atoms with E-state index in [9.17, 15) is 9.90 Å². The lowest BCUT2D eigenvalue weighted by Gasteiger charge is -2.16. The molecule has 0 saturated heterocycles. The molecule has 1 unspecified atom stereocenters. The van der Waals surface area contributed by atoms with Gasteiger partial charge in [0, 0.05) is 5.92 Å². The van der Waals surface area contributed by atoms with Gasteiger partial charge in [-0.2, -0.15) is 0 Å². The third-order valence-corrected chi connectivity index (χ3v) is 3.01. The van der Waals surface area contributed by atoms with E-state index in [1.165, 1.54) is 4.68 Å². The molecule has 1 aromatic rings. The first-order valence-corrected chi connectivity index (χ1v) is 6.16. The summed E-state index contributed by atoms with van der Waals surface area (Å²) in [5.74, 6) is 0.0471. The van der Waals surface area contributed by atoms with Crippen LogP contribution in [0.5, 0.6) is 0 Å². The van der Waals surface area contributed by atoms with E-state index in [0.717, 1.165) is 19.3 Å². The lowest BCUT2D eigenvalue weighted by molar-refractivity contribution is -0.141.